The molecule has 1 atom stereocenters. The number of rotatable bonds is 7. The van der Waals surface area contributed by atoms with Gasteiger partial charge in [-0.1, -0.05) is 30.3 Å². The molecule has 1 N–H and O–H groups in total. The Morgan fingerprint density at radius 1 is 1.27 bits per heavy atom. The van der Waals surface area contributed by atoms with Crippen molar-refractivity contribution in [1.82, 2.24) is 18.9 Å². The molecule has 1 aliphatic rings. The Morgan fingerprint density at radius 3 is 2.58 bits per heavy atom. The lowest BCUT2D eigenvalue weighted by molar-refractivity contribution is 0.0951. The quantitative estimate of drug-likeness (QED) is 0.704. The number of hydrogen-bond donors (Lipinski definition) is 1. The fourth-order valence-electron chi connectivity index (χ4n) is 2.78. The van der Waals surface area contributed by atoms with E-state index in [-0.39, 0.29) is 17.2 Å². The molecular formula is C17H21N4O3S2. The molecule has 0 unspecified atom stereocenters. The molecule has 0 bridgehead atoms. The number of aromatic nitrogens is 1. The summed E-state index contributed by atoms with van der Waals surface area (Å²) in [6.45, 7) is 2.14. The van der Waals surface area contributed by atoms with Crippen molar-refractivity contribution in [2.75, 3.05) is 33.2 Å². The van der Waals surface area contributed by atoms with Gasteiger partial charge in [0.2, 0.25) is 5.78 Å². The first kappa shape index (κ1) is 19.1. The van der Waals surface area contributed by atoms with E-state index in [1.807, 2.05) is 37.4 Å². The molecule has 1 aliphatic heterocycles. The molecule has 2 aromatic rings. The van der Waals surface area contributed by atoms with Crippen LogP contribution in [-0.4, -0.2) is 67.7 Å². The molecule has 2 heterocycles. The molecule has 3 rings (SSSR count). The van der Waals surface area contributed by atoms with Crippen molar-refractivity contribution >= 4 is 27.3 Å². The van der Waals surface area contributed by atoms with Gasteiger partial charge in [-0.05, 0) is 19.0 Å². The van der Waals surface area contributed by atoms with Crippen molar-refractivity contribution in [3.8, 4) is 0 Å². The Balaban J connectivity index is 1.79. The van der Waals surface area contributed by atoms with E-state index in [4.69, 9.17) is 0 Å². The second kappa shape index (κ2) is 8.36. The Morgan fingerprint density at radius 2 is 1.96 bits per heavy atom. The minimum atomic E-state index is -3.76. The number of nitrogens with one attached hydrogen (secondary N) is 1. The molecule has 1 saturated heterocycles. The lowest BCUT2D eigenvalue weighted by atomic mass is 10.0. The molecule has 0 saturated carbocycles. The third-order valence-corrected chi connectivity index (χ3v) is 6.66. The number of piperazine rings is 1. The fraction of sp³-hybridized carbons (Fsp3) is 0.412. The van der Waals surface area contributed by atoms with Crippen molar-refractivity contribution in [2.24, 2.45) is 0 Å². The van der Waals surface area contributed by atoms with Crippen LogP contribution in [0.25, 0.3) is 0 Å². The molecular weight excluding hydrogens is 372 g/mol. The van der Waals surface area contributed by atoms with Crippen LogP contribution in [0.3, 0.4) is 0 Å². The Kier molecular flexibility index (Phi) is 6.15. The second-order valence-electron chi connectivity index (χ2n) is 6.21. The number of Topliss-reactive ketones (excluding diaryl/α,β-unsaturated/α-hetero) is 1. The van der Waals surface area contributed by atoms with Crippen LogP contribution < -0.4 is 4.72 Å². The predicted molar refractivity (Wildman–Crippen MR) is 100 cm³/mol. The zero-order chi connectivity index (χ0) is 18.6. The third-order valence-electron chi connectivity index (χ3n) is 4.29. The van der Waals surface area contributed by atoms with Crippen LogP contribution in [0.15, 0.2) is 35.7 Å². The molecule has 0 aliphatic carbocycles. The van der Waals surface area contributed by atoms with E-state index in [0.29, 0.717) is 26.2 Å². The summed E-state index contributed by atoms with van der Waals surface area (Å²) in [6.07, 6.45) is 2.89. The molecule has 0 amide bonds. The number of benzene rings is 1. The smallest absolute Gasteiger partial charge is 0.280 e. The van der Waals surface area contributed by atoms with E-state index >= 15 is 0 Å². The van der Waals surface area contributed by atoms with E-state index in [0.717, 1.165) is 16.9 Å². The minimum Gasteiger partial charge on any atom is -0.304 e. The van der Waals surface area contributed by atoms with Gasteiger partial charge in [-0.2, -0.15) is 17.4 Å². The number of thiazole rings is 1. The SMILES string of the molecule is CN1CCN(S(=O)(=O)N[C@@H](Cc2ccccc2)C(=O)c2n[c]cs2)CC1. The fourth-order valence-corrected chi connectivity index (χ4v) is 4.70. The molecule has 1 radical (unpaired) electrons. The number of carbonyl (C=O) groups excluding carboxylic acids is 1. The zero-order valence-electron chi connectivity index (χ0n) is 14.5. The molecule has 7 nitrogen and oxygen atoms in total. The van der Waals surface area contributed by atoms with Crippen LogP contribution in [0.2, 0.25) is 0 Å². The van der Waals surface area contributed by atoms with Crippen LogP contribution in [-0.2, 0) is 16.6 Å². The van der Waals surface area contributed by atoms with Crippen LogP contribution in [0.1, 0.15) is 15.4 Å². The van der Waals surface area contributed by atoms with Gasteiger partial charge >= 0.3 is 0 Å². The number of nitrogens with zero attached hydrogens (tertiary/aromatic N) is 3. The molecule has 1 fully saturated rings. The molecule has 0 spiro atoms. The van der Waals surface area contributed by atoms with Gasteiger partial charge in [0.05, 0.1) is 6.04 Å². The van der Waals surface area contributed by atoms with Crippen molar-refractivity contribution in [2.45, 2.75) is 12.5 Å². The number of hydrogen-bond acceptors (Lipinski definition) is 6. The number of ketones is 1. The molecule has 1 aromatic carbocycles. The van der Waals surface area contributed by atoms with Crippen molar-refractivity contribution in [3.05, 3.63) is 52.5 Å². The van der Waals surface area contributed by atoms with Crippen LogP contribution >= 0.6 is 11.3 Å². The van der Waals surface area contributed by atoms with Crippen LogP contribution in [0, 0.1) is 6.20 Å². The monoisotopic (exact) mass is 393 g/mol. The highest BCUT2D eigenvalue weighted by Gasteiger charge is 2.32. The van der Waals surface area contributed by atoms with Gasteiger partial charge in [0.1, 0.15) is 6.20 Å². The highest BCUT2D eigenvalue weighted by molar-refractivity contribution is 7.87. The highest BCUT2D eigenvalue weighted by atomic mass is 32.2. The van der Waals surface area contributed by atoms with E-state index < -0.39 is 16.3 Å². The second-order valence-corrected chi connectivity index (χ2v) is 8.77. The Bertz CT molecular complexity index is 817. The summed E-state index contributed by atoms with van der Waals surface area (Å²) in [5.74, 6) is -0.335. The van der Waals surface area contributed by atoms with E-state index in [1.54, 1.807) is 5.38 Å². The summed E-state index contributed by atoms with van der Waals surface area (Å²) in [7, 11) is -1.80. The van der Waals surface area contributed by atoms with Gasteiger partial charge < -0.3 is 4.90 Å². The number of likely N-dealkylation sites (N-methyl/N-ethyl adjacent to an activating group) is 1. The first-order chi connectivity index (χ1) is 12.5. The molecule has 26 heavy (non-hydrogen) atoms. The zero-order valence-corrected chi connectivity index (χ0v) is 16.1. The van der Waals surface area contributed by atoms with Gasteiger partial charge in [0.15, 0.2) is 5.01 Å². The lowest BCUT2D eigenvalue weighted by Crippen LogP contribution is -2.54. The van der Waals surface area contributed by atoms with E-state index in [1.165, 1.54) is 4.31 Å². The average molecular weight is 394 g/mol. The topological polar surface area (TPSA) is 82.6 Å². The summed E-state index contributed by atoms with van der Waals surface area (Å²) in [5, 5.41) is 1.84. The van der Waals surface area contributed by atoms with Gasteiger partial charge in [-0.3, -0.25) is 4.79 Å². The summed E-state index contributed by atoms with van der Waals surface area (Å²) in [6, 6.07) is 8.45. The Labute approximate surface area is 157 Å². The standard InChI is InChI=1S/C17H21N4O3S2/c1-20-8-10-21(11-9-20)26(23,24)19-15(13-14-5-3-2-4-6-14)16(22)17-18-7-12-25-17/h2-6,12,15,19H,8-11,13H2,1H3/t15-/m0/s1. The molecule has 9 heteroatoms. The highest BCUT2D eigenvalue weighted by Crippen LogP contribution is 2.14. The van der Waals surface area contributed by atoms with Crippen molar-refractivity contribution in [1.29, 1.82) is 0 Å². The lowest BCUT2D eigenvalue weighted by Gasteiger charge is -2.32. The van der Waals surface area contributed by atoms with Crippen molar-refractivity contribution in [3.63, 3.8) is 0 Å². The first-order valence-electron chi connectivity index (χ1n) is 8.31. The van der Waals surface area contributed by atoms with E-state index in [9.17, 15) is 13.2 Å². The van der Waals surface area contributed by atoms with Gasteiger partial charge in [0, 0.05) is 31.6 Å². The largest absolute Gasteiger partial charge is 0.304 e. The van der Waals surface area contributed by atoms with Gasteiger partial charge in [0.25, 0.3) is 10.2 Å². The normalized spacial score (nSPS) is 17.9. The summed E-state index contributed by atoms with van der Waals surface area (Å²) < 4.78 is 29.6. The maximum Gasteiger partial charge on any atom is 0.280 e. The Hall–Kier alpha value is -1.65. The van der Waals surface area contributed by atoms with Crippen molar-refractivity contribution < 1.29 is 13.2 Å². The summed E-state index contributed by atoms with van der Waals surface area (Å²) in [5.41, 5.74) is 0.882. The van der Waals surface area contributed by atoms with Crippen LogP contribution in [0.5, 0.6) is 0 Å². The van der Waals surface area contributed by atoms with Gasteiger partial charge in [-0.25, -0.2) is 4.98 Å². The summed E-state index contributed by atoms with van der Waals surface area (Å²) in [4.78, 5) is 18.8. The third kappa shape index (κ3) is 4.74. The van der Waals surface area contributed by atoms with E-state index in [2.05, 4.69) is 20.8 Å². The average Bonchev–Trinajstić information content (AvgIpc) is 3.16. The molecule has 139 valence electrons. The summed E-state index contributed by atoms with van der Waals surface area (Å²) >= 11 is 1.16. The van der Waals surface area contributed by atoms with Gasteiger partial charge in [-0.15, -0.1) is 11.3 Å². The maximum absolute atomic E-state index is 12.8. The first-order valence-corrected chi connectivity index (χ1v) is 10.6. The van der Waals surface area contributed by atoms with Crippen LogP contribution in [0.4, 0.5) is 0 Å². The minimum absolute atomic E-state index is 0.256. The number of carbonyl (C=O) groups is 1. The molecule has 1 aromatic heterocycles. The maximum atomic E-state index is 12.8. The predicted octanol–water partition coefficient (Wildman–Crippen LogP) is 0.819.